The Morgan fingerprint density at radius 1 is 1.14 bits per heavy atom. The number of hydrogen-bond donors (Lipinski definition) is 1. The third-order valence-corrected chi connectivity index (χ3v) is 5.75. The van der Waals surface area contributed by atoms with Gasteiger partial charge in [0.05, 0.1) is 18.3 Å². The Morgan fingerprint density at radius 2 is 1.79 bits per heavy atom. The molecule has 0 aromatic carbocycles. The number of likely N-dealkylation sites (tertiary alicyclic amines) is 1. The predicted molar refractivity (Wildman–Crippen MR) is 114 cm³/mol. The Balaban J connectivity index is 1.76. The van der Waals surface area contributed by atoms with Crippen LogP contribution in [0.4, 0.5) is 0 Å². The average Bonchev–Trinajstić information content (AvgIpc) is 2.66. The predicted octanol–water partition coefficient (Wildman–Crippen LogP) is 1.97. The minimum Gasteiger partial charge on any atom is -0.385 e. The molecule has 1 N–H and O–H groups in total. The first-order chi connectivity index (χ1) is 13.4. The van der Waals surface area contributed by atoms with E-state index >= 15 is 0 Å². The second-order valence-electron chi connectivity index (χ2n) is 8.78. The van der Waals surface area contributed by atoms with Gasteiger partial charge in [-0.25, -0.2) is 0 Å². The maximum absolute atomic E-state index is 5.97. The molecule has 28 heavy (non-hydrogen) atoms. The molecule has 2 aliphatic rings. The van der Waals surface area contributed by atoms with Crippen LogP contribution in [-0.2, 0) is 14.2 Å². The number of nitrogens with zero attached hydrogens (tertiary/aromatic N) is 3. The molecule has 2 unspecified atom stereocenters. The summed E-state index contributed by atoms with van der Waals surface area (Å²) in [6.07, 6.45) is 3.99. The van der Waals surface area contributed by atoms with Gasteiger partial charge in [-0.05, 0) is 47.0 Å². The Morgan fingerprint density at radius 3 is 2.36 bits per heavy atom. The summed E-state index contributed by atoms with van der Waals surface area (Å²) in [6, 6.07) is 0. The first-order valence-electron chi connectivity index (χ1n) is 10.8. The zero-order chi connectivity index (χ0) is 20.6. The smallest absolute Gasteiger partial charge is 0.193 e. The number of ether oxygens (including phenoxy) is 3. The Labute approximate surface area is 171 Å². The zero-order valence-electron chi connectivity index (χ0n) is 18.9. The van der Waals surface area contributed by atoms with Crippen LogP contribution < -0.4 is 5.32 Å². The molecule has 0 aromatic rings. The number of morpholine rings is 1. The summed E-state index contributed by atoms with van der Waals surface area (Å²) in [5.74, 6) is 1.00. The molecular weight excluding hydrogens is 356 g/mol. The second kappa shape index (κ2) is 11.3. The molecule has 0 spiro atoms. The molecule has 7 nitrogen and oxygen atoms in total. The van der Waals surface area contributed by atoms with Gasteiger partial charge in [-0.1, -0.05) is 0 Å². The molecule has 2 rings (SSSR count). The van der Waals surface area contributed by atoms with Crippen LogP contribution in [0.15, 0.2) is 4.99 Å². The van der Waals surface area contributed by atoms with Gasteiger partial charge in [0, 0.05) is 65.6 Å². The molecule has 0 bridgehead atoms. The first-order valence-corrected chi connectivity index (χ1v) is 10.8. The SMILES string of the molecule is CN=C(NCC(C)(C)N1CC(C)OC(C)C1)N1CCC(OCCCOC)CC1. The van der Waals surface area contributed by atoms with Crippen molar-refractivity contribution in [1.29, 1.82) is 0 Å². The van der Waals surface area contributed by atoms with Crippen LogP contribution in [0.1, 0.15) is 47.0 Å². The van der Waals surface area contributed by atoms with Crippen LogP contribution in [0.25, 0.3) is 0 Å². The van der Waals surface area contributed by atoms with E-state index in [1.807, 2.05) is 7.05 Å². The molecule has 0 saturated carbocycles. The van der Waals surface area contributed by atoms with E-state index in [-0.39, 0.29) is 17.7 Å². The second-order valence-corrected chi connectivity index (χ2v) is 8.78. The Bertz CT molecular complexity index is 468. The Kier molecular flexibility index (Phi) is 9.47. The molecule has 2 fully saturated rings. The maximum atomic E-state index is 5.97. The fraction of sp³-hybridized carbons (Fsp3) is 0.952. The van der Waals surface area contributed by atoms with Gasteiger partial charge in [-0.3, -0.25) is 9.89 Å². The van der Waals surface area contributed by atoms with Gasteiger partial charge in [0.2, 0.25) is 0 Å². The van der Waals surface area contributed by atoms with E-state index < -0.39 is 0 Å². The molecule has 2 aliphatic heterocycles. The van der Waals surface area contributed by atoms with Crippen LogP contribution >= 0.6 is 0 Å². The number of rotatable bonds is 8. The maximum Gasteiger partial charge on any atom is 0.193 e. The topological polar surface area (TPSA) is 58.6 Å². The van der Waals surface area contributed by atoms with E-state index in [0.717, 1.165) is 71.2 Å². The third-order valence-electron chi connectivity index (χ3n) is 5.75. The van der Waals surface area contributed by atoms with E-state index in [1.165, 1.54) is 0 Å². The van der Waals surface area contributed by atoms with Crippen molar-refractivity contribution in [3.63, 3.8) is 0 Å². The minimum atomic E-state index is 0.0466. The highest BCUT2D eigenvalue weighted by Gasteiger charge is 2.33. The Hall–Kier alpha value is -0.890. The van der Waals surface area contributed by atoms with Crippen molar-refractivity contribution in [3.8, 4) is 0 Å². The van der Waals surface area contributed by atoms with Crippen LogP contribution in [0.5, 0.6) is 0 Å². The quantitative estimate of drug-likeness (QED) is 0.383. The molecular formula is C21H42N4O3. The van der Waals surface area contributed by atoms with Gasteiger partial charge < -0.3 is 24.4 Å². The van der Waals surface area contributed by atoms with Gasteiger partial charge in [-0.15, -0.1) is 0 Å². The fourth-order valence-corrected chi connectivity index (χ4v) is 4.10. The summed E-state index contributed by atoms with van der Waals surface area (Å²) in [7, 11) is 3.61. The van der Waals surface area contributed by atoms with E-state index in [2.05, 4.69) is 47.8 Å². The zero-order valence-corrected chi connectivity index (χ0v) is 18.9. The lowest BCUT2D eigenvalue weighted by atomic mass is 10.00. The van der Waals surface area contributed by atoms with Gasteiger partial charge in [0.25, 0.3) is 0 Å². The summed E-state index contributed by atoms with van der Waals surface area (Å²) in [6.45, 7) is 15.3. The lowest BCUT2D eigenvalue weighted by Crippen LogP contribution is -2.60. The monoisotopic (exact) mass is 398 g/mol. The molecule has 7 heteroatoms. The number of aliphatic imine (C=N–C) groups is 1. The highest BCUT2D eigenvalue weighted by molar-refractivity contribution is 5.80. The molecule has 0 amide bonds. The van der Waals surface area contributed by atoms with Gasteiger partial charge in [0.15, 0.2) is 5.96 Å². The van der Waals surface area contributed by atoms with Gasteiger partial charge in [0.1, 0.15) is 0 Å². The summed E-state index contributed by atoms with van der Waals surface area (Å²) < 4.78 is 16.9. The van der Waals surface area contributed by atoms with Gasteiger partial charge >= 0.3 is 0 Å². The normalized spacial score (nSPS) is 25.9. The van der Waals surface area contributed by atoms with Crippen LogP contribution in [-0.4, -0.2) is 99.7 Å². The van der Waals surface area contributed by atoms with Crippen molar-refractivity contribution in [2.24, 2.45) is 4.99 Å². The summed E-state index contributed by atoms with van der Waals surface area (Å²) in [4.78, 5) is 9.42. The molecule has 0 aliphatic carbocycles. The largest absolute Gasteiger partial charge is 0.385 e. The van der Waals surface area contributed by atoms with Crippen molar-refractivity contribution < 1.29 is 14.2 Å². The van der Waals surface area contributed by atoms with E-state index in [0.29, 0.717) is 6.10 Å². The van der Waals surface area contributed by atoms with Crippen LogP contribution in [0.2, 0.25) is 0 Å². The third kappa shape index (κ3) is 7.17. The number of hydrogen-bond acceptors (Lipinski definition) is 5. The lowest BCUT2D eigenvalue weighted by Gasteiger charge is -2.45. The van der Waals surface area contributed by atoms with E-state index in [1.54, 1.807) is 7.11 Å². The molecule has 164 valence electrons. The van der Waals surface area contributed by atoms with Crippen LogP contribution in [0, 0.1) is 0 Å². The minimum absolute atomic E-state index is 0.0466. The van der Waals surface area contributed by atoms with Crippen LogP contribution in [0.3, 0.4) is 0 Å². The molecule has 0 aromatic heterocycles. The van der Waals surface area contributed by atoms with Crippen molar-refractivity contribution in [3.05, 3.63) is 0 Å². The van der Waals surface area contributed by atoms with Crippen molar-refractivity contribution in [2.45, 2.75) is 70.8 Å². The summed E-state index contributed by atoms with van der Waals surface area (Å²) in [5.41, 5.74) is 0.0466. The molecule has 0 radical (unpaired) electrons. The highest BCUT2D eigenvalue weighted by atomic mass is 16.5. The number of guanidine groups is 1. The highest BCUT2D eigenvalue weighted by Crippen LogP contribution is 2.21. The lowest BCUT2D eigenvalue weighted by molar-refractivity contribution is -0.0947. The number of piperidine rings is 1. The molecule has 2 saturated heterocycles. The number of nitrogens with one attached hydrogen (secondary N) is 1. The van der Waals surface area contributed by atoms with Crippen molar-refractivity contribution in [2.75, 3.05) is 60.1 Å². The summed E-state index contributed by atoms with van der Waals surface area (Å²) >= 11 is 0. The summed E-state index contributed by atoms with van der Waals surface area (Å²) in [5, 5.41) is 3.62. The number of methoxy groups -OCH3 is 1. The van der Waals surface area contributed by atoms with Crippen molar-refractivity contribution in [1.82, 2.24) is 15.1 Å². The fourth-order valence-electron chi connectivity index (χ4n) is 4.10. The van der Waals surface area contributed by atoms with E-state index in [9.17, 15) is 0 Å². The first kappa shape index (κ1) is 23.4. The molecule has 2 heterocycles. The van der Waals surface area contributed by atoms with Gasteiger partial charge in [-0.2, -0.15) is 0 Å². The molecule has 2 atom stereocenters. The average molecular weight is 399 g/mol. The van der Waals surface area contributed by atoms with Crippen molar-refractivity contribution >= 4 is 5.96 Å². The standard InChI is InChI=1S/C21H42N4O3/c1-17-14-25(15-18(2)28-17)21(3,4)16-23-20(22-5)24-10-8-19(9-11-24)27-13-7-12-26-6/h17-19H,7-16H2,1-6H3,(H,22,23). The van der Waals surface area contributed by atoms with E-state index in [4.69, 9.17) is 14.2 Å².